The summed E-state index contributed by atoms with van der Waals surface area (Å²) in [6.45, 7) is 32.0. The highest BCUT2D eigenvalue weighted by atomic mass is 28.4. The monoisotopic (exact) mass is 1600 g/mol. The van der Waals surface area contributed by atoms with Crippen LogP contribution < -0.4 is 63.4 Å². The lowest BCUT2D eigenvalue weighted by Gasteiger charge is -2.60. The lowest BCUT2D eigenvalue weighted by atomic mass is 9.71. The average Bonchev–Trinajstić information content (AvgIpc) is 0.972. The standard InChI is InChI=1S/C49H59N3O8Si.C45H51N3O6Si/c1-10-21-56-45-32(3)46-48(59-30-58-46)42-36(45)26-38-43-41-33(24-31(2)44(54-9)47(41)57-29-55-23-22-53-8)25-37(51(43)7)39(27-50)52(38)40(42)28-60-61(49(4,5)6,34-17-13-11-14-18-34)35-19-15-12-16-20-35;1-9-20-51-42-28(3)43-44(53-26-52-43)38-32(42)23-34-39-37-29(21-27(2)41(50-8)40(37)49)22-33(47(39)7)35(24-46)48(34)36(38)25-54-55(45(4,5)6,30-16-12-10-13-17-30)31-18-14-11-15-19-31/h10-20,24,37-40,43H,1,21-23,25-26,28-30H2,2-9H3;9-19,21,33-36,39,49H,1,20,22-23,25-26H2,2-8H3/t37-,38?,39-,40-,43-;33-,34?,35-,36-,39-/m00/s1. The molecule has 16 rings (SSSR count). The van der Waals surface area contributed by atoms with Crippen molar-refractivity contribution in [2.75, 3.05) is 95.4 Å². The van der Waals surface area contributed by atoms with E-state index >= 15 is 0 Å². The fourth-order valence-electron chi connectivity index (χ4n) is 21.0. The van der Waals surface area contributed by atoms with E-state index in [0.29, 0.717) is 99.0 Å². The zero-order valence-electron chi connectivity index (χ0n) is 69.7. The Morgan fingerprint density at radius 2 is 0.879 bits per heavy atom. The van der Waals surface area contributed by atoms with Gasteiger partial charge in [0.1, 0.15) is 36.8 Å². The number of piperazine rings is 2. The SMILES string of the molecule is C=CCOc1c(C)c2c(c3c1CC1[C@H]4c5c(cc(C)c(OC)c5O)C[C@@H]([C@H](C#N)N1[C@H]3CO[Si](c1ccccc1)(c1ccccc1)C(C)(C)C)N4C)OCO2.C=CCOc1c(C)c2c(c3c1CC1[C@H]4c5c(cc(C)c(OC)c5OCOCCOC)C[C@@H]([C@H](C#N)N1[C@H]3CO[Si](c1ccccc1)(c1ccccc1)C(C)(C)C)N4C)OCO2. The van der Waals surface area contributed by atoms with Crippen molar-refractivity contribution in [2.24, 2.45) is 0 Å². The Hall–Kier alpha value is -9.67. The van der Waals surface area contributed by atoms with Gasteiger partial charge in [0.05, 0.1) is 77.0 Å². The van der Waals surface area contributed by atoms with E-state index in [-0.39, 0.29) is 79.1 Å². The molecule has 8 aromatic rings. The van der Waals surface area contributed by atoms with Crippen LogP contribution in [0.3, 0.4) is 0 Å². The highest BCUT2D eigenvalue weighted by Crippen LogP contribution is 2.62. The molecule has 0 aliphatic carbocycles. The van der Waals surface area contributed by atoms with E-state index in [1.807, 2.05) is 27.7 Å². The Morgan fingerprint density at radius 1 is 0.491 bits per heavy atom. The molecule has 4 bridgehead atoms. The van der Waals surface area contributed by atoms with Crippen molar-refractivity contribution in [3.8, 4) is 69.6 Å². The number of ether oxygens (including phenoxy) is 11. The van der Waals surface area contributed by atoms with Gasteiger partial charge in [-0.1, -0.05) is 200 Å². The number of phenolic OH excluding ortho intramolecular Hbond substituents is 1. The number of phenols is 1. The van der Waals surface area contributed by atoms with Crippen molar-refractivity contribution >= 4 is 37.4 Å². The molecule has 2 unspecified atom stereocenters. The zero-order chi connectivity index (χ0) is 81.9. The van der Waals surface area contributed by atoms with Crippen LogP contribution in [0.2, 0.25) is 10.1 Å². The zero-order valence-corrected chi connectivity index (χ0v) is 71.7. The number of likely N-dealkylation sites (N-methyl/N-ethyl adjacent to an activating group) is 2. The van der Waals surface area contributed by atoms with E-state index in [4.69, 9.17) is 61.0 Å². The molecular weight excluding hydrogens is 1490 g/mol. The van der Waals surface area contributed by atoms with Gasteiger partial charge in [-0.25, -0.2) is 0 Å². The number of nitriles is 2. The maximum absolute atomic E-state index is 12.0. The first-order valence-electron chi connectivity index (χ1n) is 40.4. The van der Waals surface area contributed by atoms with Crippen molar-refractivity contribution in [1.82, 2.24) is 19.6 Å². The van der Waals surface area contributed by atoms with Crippen LogP contribution in [0.1, 0.15) is 132 Å². The van der Waals surface area contributed by atoms with Gasteiger partial charge >= 0.3 is 0 Å². The van der Waals surface area contributed by atoms with Crippen LogP contribution in [0, 0.1) is 50.4 Å². The molecule has 0 amide bonds. The molecule has 0 aromatic heterocycles. The maximum atomic E-state index is 12.0. The van der Waals surface area contributed by atoms with Crippen LogP contribution in [0.5, 0.6) is 57.5 Å². The Balaban J connectivity index is 0.000000183. The molecule has 0 radical (unpaired) electrons. The molecule has 608 valence electrons. The van der Waals surface area contributed by atoms with Crippen LogP contribution in [-0.4, -0.2) is 173 Å². The van der Waals surface area contributed by atoms with E-state index in [2.05, 4.69) is 234 Å². The number of nitrogens with zero attached hydrogens (tertiary/aromatic N) is 6. The summed E-state index contributed by atoms with van der Waals surface area (Å²) >= 11 is 0. The minimum absolute atomic E-state index is 0.0324. The minimum atomic E-state index is -3.06. The topological polar surface area (TPSA) is 201 Å². The molecule has 8 aliphatic heterocycles. The summed E-state index contributed by atoms with van der Waals surface area (Å²) < 4.78 is 83.7. The van der Waals surface area contributed by atoms with Crippen LogP contribution in [-0.2, 0) is 44.0 Å². The number of hydrogen-bond donors (Lipinski definition) is 1. The number of aromatic hydroxyl groups is 1. The Bertz CT molecular complexity index is 4990. The molecular formula is C94H110N6O14Si2. The summed E-state index contributed by atoms with van der Waals surface area (Å²) in [5.74, 6) is 6.21. The van der Waals surface area contributed by atoms with Crippen molar-refractivity contribution < 1.29 is 66.1 Å². The summed E-state index contributed by atoms with van der Waals surface area (Å²) in [6, 6.07) is 49.6. The first kappa shape index (κ1) is 81.5. The van der Waals surface area contributed by atoms with E-state index in [1.165, 1.54) is 20.7 Å². The van der Waals surface area contributed by atoms with E-state index in [0.717, 1.165) is 78.3 Å². The second-order valence-corrected chi connectivity index (χ2v) is 42.4. The lowest BCUT2D eigenvalue weighted by Crippen LogP contribution is -2.70. The fourth-order valence-corrected chi connectivity index (χ4v) is 30.1. The minimum Gasteiger partial charge on any atom is -0.504 e. The Labute approximate surface area is 685 Å². The number of methoxy groups -OCH3 is 3. The average molecular weight is 1600 g/mol. The molecule has 0 spiro atoms. The van der Waals surface area contributed by atoms with Gasteiger partial charge < -0.3 is 66.1 Å². The maximum Gasteiger partial charge on any atom is 0.261 e. The lowest BCUT2D eigenvalue weighted by molar-refractivity contribution is -0.0823. The summed E-state index contributed by atoms with van der Waals surface area (Å²) in [5.41, 5.74) is 11.6. The van der Waals surface area contributed by atoms with Crippen molar-refractivity contribution in [3.63, 3.8) is 0 Å². The molecule has 2 fully saturated rings. The third kappa shape index (κ3) is 13.5. The van der Waals surface area contributed by atoms with E-state index in [9.17, 15) is 15.6 Å². The Kier molecular flexibility index (Phi) is 23.2. The summed E-state index contributed by atoms with van der Waals surface area (Å²) in [6.07, 6.45) is 5.88. The van der Waals surface area contributed by atoms with Crippen molar-refractivity contribution in [3.05, 3.63) is 226 Å². The van der Waals surface area contributed by atoms with Crippen LogP contribution in [0.4, 0.5) is 0 Å². The summed E-state index contributed by atoms with van der Waals surface area (Å²) in [4.78, 5) is 9.53. The summed E-state index contributed by atoms with van der Waals surface area (Å²) in [7, 11) is 3.08. The molecule has 22 heteroatoms. The van der Waals surface area contributed by atoms with Crippen LogP contribution in [0.15, 0.2) is 159 Å². The molecule has 20 nitrogen and oxygen atoms in total. The second kappa shape index (κ2) is 33.0. The summed E-state index contributed by atoms with van der Waals surface area (Å²) in [5, 5.41) is 38.9. The van der Waals surface area contributed by atoms with E-state index < -0.39 is 40.8 Å². The molecule has 116 heavy (non-hydrogen) atoms. The van der Waals surface area contributed by atoms with Crippen LogP contribution in [0.25, 0.3) is 0 Å². The third-order valence-electron chi connectivity index (χ3n) is 25.7. The van der Waals surface area contributed by atoms with Gasteiger partial charge in [0.15, 0.2) is 52.8 Å². The molecule has 0 saturated carbocycles. The third-order valence-corrected chi connectivity index (χ3v) is 35.7. The normalized spacial score (nSPS) is 22.3. The predicted octanol–water partition coefficient (Wildman–Crippen LogP) is 13.6. The van der Waals surface area contributed by atoms with Gasteiger partial charge in [-0.05, 0) is 121 Å². The smallest absolute Gasteiger partial charge is 0.261 e. The Morgan fingerprint density at radius 3 is 1.26 bits per heavy atom. The van der Waals surface area contributed by atoms with Gasteiger partial charge in [0, 0.05) is 75.8 Å². The van der Waals surface area contributed by atoms with Crippen LogP contribution >= 0.6 is 0 Å². The first-order chi connectivity index (χ1) is 56.0. The highest BCUT2D eigenvalue weighted by Gasteiger charge is 2.62. The second-order valence-electron chi connectivity index (χ2n) is 33.8. The molecule has 8 aliphatic rings. The van der Waals surface area contributed by atoms with E-state index in [1.54, 1.807) is 33.5 Å². The number of rotatable bonds is 24. The molecule has 8 heterocycles. The number of benzene rings is 8. The van der Waals surface area contributed by atoms with Gasteiger partial charge in [0.25, 0.3) is 16.6 Å². The van der Waals surface area contributed by atoms with Gasteiger partial charge in [0.2, 0.25) is 13.6 Å². The highest BCUT2D eigenvalue weighted by molar-refractivity contribution is 7.00. The molecule has 10 atom stereocenters. The first-order valence-corrected chi connectivity index (χ1v) is 44.3. The van der Waals surface area contributed by atoms with Gasteiger partial charge in [-0.15, -0.1) is 0 Å². The number of hydrogen-bond acceptors (Lipinski definition) is 20. The van der Waals surface area contributed by atoms with Gasteiger partial charge in [-0.3, -0.25) is 19.6 Å². The number of aryl methyl sites for hydroxylation is 2. The largest absolute Gasteiger partial charge is 0.504 e. The molecule has 1 N–H and O–H groups in total. The molecule has 2 saturated heterocycles. The van der Waals surface area contributed by atoms with Gasteiger partial charge in [-0.2, -0.15) is 10.5 Å². The predicted molar refractivity (Wildman–Crippen MR) is 453 cm³/mol. The van der Waals surface area contributed by atoms with Crippen molar-refractivity contribution in [2.45, 2.75) is 165 Å². The van der Waals surface area contributed by atoms with Crippen molar-refractivity contribution in [1.29, 1.82) is 10.5 Å². The fraction of sp³-hybridized carbons (Fsp3) is 0.426. The quantitative estimate of drug-likeness (QED) is 0.0259. The molecule has 8 aromatic carbocycles. The number of fused-ring (bicyclic) bond motifs is 18.